The standard InChI is InChI=1S/C17H30N4/c1-7-13-20-14(18-6)8-15(21-13)19-12-9-16(2,3)11-17(4,5)10-12/h8,12H,7,9-11H2,1-6H3,(H2,18,19,20,21). The Bertz CT molecular complexity index is 455. The van der Waals surface area contributed by atoms with Gasteiger partial charge in [-0.1, -0.05) is 34.6 Å². The zero-order valence-corrected chi connectivity index (χ0v) is 14.4. The fraction of sp³-hybridized carbons (Fsp3) is 0.765. The molecule has 0 aliphatic heterocycles. The van der Waals surface area contributed by atoms with Crippen molar-refractivity contribution in [1.82, 2.24) is 9.97 Å². The summed E-state index contributed by atoms with van der Waals surface area (Å²) in [5.41, 5.74) is 0.762. The minimum Gasteiger partial charge on any atom is -0.373 e. The minimum atomic E-state index is 0.381. The van der Waals surface area contributed by atoms with Crippen molar-refractivity contribution in [2.75, 3.05) is 17.7 Å². The largest absolute Gasteiger partial charge is 0.373 e. The van der Waals surface area contributed by atoms with E-state index >= 15 is 0 Å². The molecular weight excluding hydrogens is 260 g/mol. The number of aromatic nitrogens is 2. The molecular formula is C17H30N4. The zero-order chi connectivity index (χ0) is 15.7. The fourth-order valence-corrected chi connectivity index (χ4v) is 4.01. The van der Waals surface area contributed by atoms with Crippen LogP contribution in [0.25, 0.3) is 0 Å². The lowest BCUT2D eigenvalue weighted by Crippen LogP contribution is -2.40. The first kappa shape index (κ1) is 16.1. The molecule has 2 N–H and O–H groups in total. The van der Waals surface area contributed by atoms with Crippen LogP contribution in [-0.2, 0) is 6.42 Å². The van der Waals surface area contributed by atoms with E-state index in [0.717, 1.165) is 23.9 Å². The summed E-state index contributed by atoms with van der Waals surface area (Å²) >= 11 is 0. The maximum Gasteiger partial charge on any atom is 0.132 e. The van der Waals surface area contributed by atoms with Crippen molar-refractivity contribution in [3.05, 3.63) is 11.9 Å². The van der Waals surface area contributed by atoms with E-state index in [1.54, 1.807) is 0 Å². The van der Waals surface area contributed by atoms with Crippen molar-refractivity contribution in [1.29, 1.82) is 0 Å². The summed E-state index contributed by atoms with van der Waals surface area (Å²) in [6, 6.07) is 2.49. The molecule has 4 nitrogen and oxygen atoms in total. The number of nitrogens with zero attached hydrogens (tertiary/aromatic N) is 2. The summed E-state index contributed by atoms with van der Waals surface area (Å²) in [6.45, 7) is 11.6. The summed E-state index contributed by atoms with van der Waals surface area (Å²) in [5.74, 6) is 2.72. The summed E-state index contributed by atoms with van der Waals surface area (Å²) in [5, 5.41) is 6.77. The highest BCUT2D eigenvalue weighted by Gasteiger charge is 2.38. The highest BCUT2D eigenvalue weighted by molar-refractivity contribution is 5.47. The van der Waals surface area contributed by atoms with Crippen molar-refractivity contribution in [2.24, 2.45) is 10.8 Å². The van der Waals surface area contributed by atoms with Gasteiger partial charge in [-0.15, -0.1) is 0 Å². The molecule has 0 unspecified atom stereocenters. The van der Waals surface area contributed by atoms with E-state index in [1.807, 2.05) is 13.1 Å². The maximum atomic E-state index is 4.63. The van der Waals surface area contributed by atoms with Crippen LogP contribution in [0.1, 0.15) is 59.7 Å². The Labute approximate surface area is 129 Å². The minimum absolute atomic E-state index is 0.381. The predicted octanol–water partition coefficient (Wildman–Crippen LogP) is 4.10. The molecule has 2 rings (SSSR count). The van der Waals surface area contributed by atoms with Crippen molar-refractivity contribution >= 4 is 11.6 Å². The topological polar surface area (TPSA) is 49.8 Å². The van der Waals surface area contributed by atoms with Crippen LogP contribution in [0.5, 0.6) is 0 Å². The van der Waals surface area contributed by atoms with Gasteiger partial charge in [-0.2, -0.15) is 0 Å². The van der Waals surface area contributed by atoms with Crippen LogP contribution in [0.4, 0.5) is 11.6 Å². The lowest BCUT2D eigenvalue weighted by atomic mass is 9.63. The molecule has 0 atom stereocenters. The molecule has 1 saturated carbocycles. The fourth-order valence-electron chi connectivity index (χ4n) is 4.01. The van der Waals surface area contributed by atoms with Gasteiger partial charge in [0.25, 0.3) is 0 Å². The van der Waals surface area contributed by atoms with Crippen molar-refractivity contribution < 1.29 is 0 Å². The number of nitrogens with one attached hydrogen (secondary N) is 2. The molecule has 0 amide bonds. The van der Waals surface area contributed by atoms with Crippen LogP contribution in [0.2, 0.25) is 0 Å². The van der Waals surface area contributed by atoms with E-state index in [1.165, 1.54) is 19.3 Å². The molecule has 1 fully saturated rings. The Kier molecular flexibility index (Phi) is 4.45. The van der Waals surface area contributed by atoms with Gasteiger partial charge in [-0.05, 0) is 30.1 Å². The van der Waals surface area contributed by atoms with Crippen molar-refractivity contribution in [3.63, 3.8) is 0 Å². The van der Waals surface area contributed by atoms with E-state index in [2.05, 4.69) is 55.2 Å². The van der Waals surface area contributed by atoms with Gasteiger partial charge in [0.05, 0.1) is 0 Å². The maximum absolute atomic E-state index is 4.63. The van der Waals surface area contributed by atoms with Gasteiger partial charge in [0, 0.05) is 25.6 Å². The quantitative estimate of drug-likeness (QED) is 0.876. The lowest BCUT2D eigenvalue weighted by molar-refractivity contribution is 0.105. The first-order valence-electron chi connectivity index (χ1n) is 8.05. The SMILES string of the molecule is CCc1nc(NC)cc(NC2CC(C)(C)CC(C)(C)C2)n1. The van der Waals surface area contributed by atoms with Crippen LogP contribution in [-0.4, -0.2) is 23.1 Å². The third-order valence-electron chi connectivity index (χ3n) is 4.25. The summed E-state index contributed by atoms with van der Waals surface area (Å²) in [4.78, 5) is 9.09. The van der Waals surface area contributed by atoms with Crippen LogP contribution in [0, 0.1) is 10.8 Å². The number of hydrogen-bond donors (Lipinski definition) is 2. The van der Waals surface area contributed by atoms with Crippen LogP contribution < -0.4 is 10.6 Å². The Morgan fingerprint density at radius 1 is 1.10 bits per heavy atom. The first-order valence-corrected chi connectivity index (χ1v) is 8.05. The summed E-state index contributed by atoms with van der Waals surface area (Å²) < 4.78 is 0. The average Bonchev–Trinajstić information content (AvgIpc) is 2.34. The normalized spacial score (nSPS) is 21.0. The van der Waals surface area contributed by atoms with Gasteiger partial charge in [-0.25, -0.2) is 9.97 Å². The Balaban J connectivity index is 2.17. The molecule has 0 radical (unpaired) electrons. The number of anilines is 2. The molecule has 0 spiro atoms. The lowest BCUT2D eigenvalue weighted by Gasteiger charge is -2.45. The highest BCUT2D eigenvalue weighted by atomic mass is 15.1. The van der Waals surface area contributed by atoms with Gasteiger partial charge >= 0.3 is 0 Å². The van der Waals surface area contributed by atoms with Crippen LogP contribution in [0.3, 0.4) is 0 Å². The predicted molar refractivity (Wildman–Crippen MR) is 89.8 cm³/mol. The molecule has 1 aromatic heterocycles. The molecule has 21 heavy (non-hydrogen) atoms. The molecule has 0 bridgehead atoms. The van der Waals surface area contributed by atoms with Gasteiger partial charge in [0.2, 0.25) is 0 Å². The van der Waals surface area contributed by atoms with Crippen molar-refractivity contribution in [3.8, 4) is 0 Å². The van der Waals surface area contributed by atoms with Crippen LogP contribution in [0.15, 0.2) is 6.07 Å². The smallest absolute Gasteiger partial charge is 0.132 e. The Morgan fingerprint density at radius 3 is 2.19 bits per heavy atom. The number of hydrogen-bond acceptors (Lipinski definition) is 4. The number of rotatable bonds is 4. The molecule has 4 heteroatoms. The average molecular weight is 290 g/mol. The van der Waals surface area contributed by atoms with E-state index < -0.39 is 0 Å². The molecule has 0 saturated heterocycles. The third-order valence-corrected chi connectivity index (χ3v) is 4.25. The molecule has 1 aliphatic carbocycles. The second-order valence-corrected chi connectivity index (χ2v) is 7.91. The van der Waals surface area contributed by atoms with E-state index in [-0.39, 0.29) is 0 Å². The molecule has 1 heterocycles. The Morgan fingerprint density at radius 2 is 1.67 bits per heavy atom. The van der Waals surface area contributed by atoms with Crippen molar-refractivity contribution in [2.45, 2.75) is 66.3 Å². The van der Waals surface area contributed by atoms with Gasteiger partial charge in [0.15, 0.2) is 0 Å². The zero-order valence-electron chi connectivity index (χ0n) is 14.4. The first-order chi connectivity index (χ1) is 9.73. The van der Waals surface area contributed by atoms with Crippen LogP contribution >= 0.6 is 0 Å². The second kappa shape index (κ2) is 5.82. The van der Waals surface area contributed by atoms with E-state index in [9.17, 15) is 0 Å². The monoisotopic (exact) mass is 290 g/mol. The Hall–Kier alpha value is -1.32. The molecule has 1 aromatic rings. The molecule has 118 valence electrons. The second-order valence-electron chi connectivity index (χ2n) is 7.91. The highest BCUT2D eigenvalue weighted by Crippen LogP contribution is 2.46. The third kappa shape index (κ3) is 4.32. The van der Waals surface area contributed by atoms with Gasteiger partial charge < -0.3 is 10.6 Å². The van der Waals surface area contributed by atoms with E-state index in [4.69, 9.17) is 0 Å². The summed E-state index contributed by atoms with van der Waals surface area (Å²) in [7, 11) is 1.90. The summed E-state index contributed by atoms with van der Waals surface area (Å²) in [6.07, 6.45) is 4.52. The molecule has 0 aromatic carbocycles. The van der Waals surface area contributed by atoms with E-state index in [0.29, 0.717) is 16.9 Å². The molecule has 1 aliphatic rings. The number of aryl methyl sites for hydroxylation is 1. The van der Waals surface area contributed by atoms with Gasteiger partial charge in [0.1, 0.15) is 17.5 Å². The van der Waals surface area contributed by atoms with Gasteiger partial charge in [-0.3, -0.25) is 0 Å².